The van der Waals surface area contributed by atoms with E-state index in [-0.39, 0.29) is 11.7 Å². The Labute approximate surface area is 147 Å². The van der Waals surface area contributed by atoms with Crippen LogP contribution in [-0.4, -0.2) is 45.7 Å². The molecule has 3 rings (SSSR count). The molecule has 1 aliphatic heterocycles. The highest BCUT2D eigenvalue weighted by Crippen LogP contribution is 2.16. The van der Waals surface area contributed by atoms with Gasteiger partial charge in [0.25, 0.3) is 5.91 Å². The summed E-state index contributed by atoms with van der Waals surface area (Å²) in [5.74, 6) is 0.499. The van der Waals surface area contributed by atoms with Gasteiger partial charge < -0.3 is 19.9 Å². The van der Waals surface area contributed by atoms with E-state index in [9.17, 15) is 9.18 Å². The molecule has 0 radical (unpaired) electrons. The fourth-order valence-corrected chi connectivity index (χ4v) is 3.04. The Morgan fingerprint density at radius 3 is 2.60 bits per heavy atom. The second kappa shape index (κ2) is 7.98. The highest BCUT2D eigenvalue weighted by molar-refractivity contribution is 5.91. The first-order valence-electron chi connectivity index (χ1n) is 8.42. The summed E-state index contributed by atoms with van der Waals surface area (Å²) in [7, 11) is 1.60. The van der Waals surface area contributed by atoms with Crippen molar-refractivity contribution >= 4 is 17.3 Å². The summed E-state index contributed by atoms with van der Waals surface area (Å²) in [5.41, 5.74) is 1.77. The Kier molecular flexibility index (Phi) is 5.50. The van der Waals surface area contributed by atoms with Crippen molar-refractivity contribution < 1.29 is 18.8 Å². The zero-order chi connectivity index (χ0) is 17.6. The number of hydrogen-bond donors (Lipinski definition) is 2. The van der Waals surface area contributed by atoms with Gasteiger partial charge in [0.2, 0.25) is 0 Å². The standard InChI is InChI=1S/C19H22FN3O2/c1-25-18-4-2-3-16(13-18)21-19(24)14-22-9-11-23(12-10-22)17-7-5-15(20)6-8-17/h2-8,13H,9-12,14H2,1H3,(H,21,24)/p+1. The molecule has 2 aromatic carbocycles. The molecule has 1 heterocycles. The van der Waals surface area contributed by atoms with Gasteiger partial charge in [0, 0.05) is 17.4 Å². The number of nitrogens with zero attached hydrogens (tertiary/aromatic N) is 1. The van der Waals surface area contributed by atoms with Crippen molar-refractivity contribution in [2.24, 2.45) is 0 Å². The van der Waals surface area contributed by atoms with Crippen LogP contribution < -0.4 is 19.9 Å². The number of quaternary nitrogens is 1. The third kappa shape index (κ3) is 4.70. The highest BCUT2D eigenvalue weighted by atomic mass is 19.1. The Hall–Kier alpha value is -2.60. The number of benzene rings is 2. The molecule has 1 amide bonds. The molecule has 132 valence electrons. The Morgan fingerprint density at radius 1 is 1.20 bits per heavy atom. The Morgan fingerprint density at radius 2 is 1.92 bits per heavy atom. The number of carbonyl (C=O) groups excluding carboxylic acids is 1. The second-order valence-electron chi connectivity index (χ2n) is 6.17. The maximum absolute atomic E-state index is 13.0. The van der Waals surface area contributed by atoms with E-state index in [0.717, 1.165) is 43.3 Å². The zero-order valence-electron chi connectivity index (χ0n) is 14.3. The number of amides is 1. The first kappa shape index (κ1) is 17.2. The lowest BCUT2D eigenvalue weighted by Crippen LogP contribution is -3.15. The van der Waals surface area contributed by atoms with E-state index in [1.165, 1.54) is 17.0 Å². The topological polar surface area (TPSA) is 46.0 Å². The van der Waals surface area contributed by atoms with Crippen LogP contribution in [0.2, 0.25) is 0 Å². The van der Waals surface area contributed by atoms with E-state index in [2.05, 4.69) is 10.2 Å². The SMILES string of the molecule is COc1cccc(NC(=O)C[NH+]2CCN(c3ccc(F)cc3)CC2)c1. The Bertz CT molecular complexity index is 713. The lowest BCUT2D eigenvalue weighted by atomic mass is 10.2. The fourth-order valence-electron chi connectivity index (χ4n) is 3.04. The van der Waals surface area contributed by atoms with Crippen LogP contribution >= 0.6 is 0 Å². The van der Waals surface area contributed by atoms with Crippen molar-refractivity contribution in [2.45, 2.75) is 0 Å². The maximum Gasteiger partial charge on any atom is 0.279 e. The molecule has 1 fully saturated rings. The summed E-state index contributed by atoms with van der Waals surface area (Å²) in [5, 5.41) is 2.92. The second-order valence-corrected chi connectivity index (χ2v) is 6.17. The predicted molar refractivity (Wildman–Crippen MR) is 95.8 cm³/mol. The number of nitrogens with one attached hydrogen (secondary N) is 2. The third-order valence-electron chi connectivity index (χ3n) is 4.43. The minimum atomic E-state index is -0.220. The van der Waals surface area contributed by atoms with Gasteiger partial charge in [-0.3, -0.25) is 4.79 Å². The van der Waals surface area contributed by atoms with E-state index in [4.69, 9.17) is 4.74 Å². The number of methoxy groups -OCH3 is 1. The van der Waals surface area contributed by atoms with Gasteiger partial charge in [0.1, 0.15) is 11.6 Å². The zero-order valence-corrected chi connectivity index (χ0v) is 14.3. The van der Waals surface area contributed by atoms with Crippen molar-refractivity contribution in [1.82, 2.24) is 0 Å². The number of hydrogen-bond acceptors (Lipinski definition) is 3. The molecule has 1 aliphatic rings. The van der Waals surface area contributed by atoms with Crippen molar-refractivity contribution in [3.63, 3.8) is 0 Å². The molecule has 2 N–H and O–H groups in total. The van der Waals surface area contributed by atoms with Crippen molar-refractivity contribution in [2.75, 3.05) is 50.1 Å². The van der Waals surface area contributed by atoms with Crippen LogP contribution in [0.25, 0.3) is 0 Å². The molecule has 0 unspecified atom stereocenters. The summed E-state index contributed by atoms with van der Waals surface area (Å²) >= 11 is 0. The van der Waals surface area contributed by atoms with Crippen molar-refractivity contribution in [1.29, 1.82) is 0 Å². The van der Waals surface area contributed by atoms with E-state index in [1.54, 1.807) is 25.3 Å². The lowest BCUT2D eigenvalue weighted by molar-refractivity contribution is -0.892. The van der Waals surface area contributed by atoms with Crippen LogP contribution in [0.1, 0.15) is 0 Å². The molecule has 0 bridgehead atoms. The maximum atomic E-state index is 13.0. The van der Waals surface area contributed by atoms with E-state index in [1.807, 2.05) is 18.2 Å². The van der Waals surface area contributed by atoms with Crippen LogP contribution in [-0.2, 0) is 4.79 Å². The molecule has 1 saturated heterocycles. The summed E-state index contributed by atoms with van der Waals surface area (Å²) in [6.45, 7) is 3.90. The van der Waals surface area contributed by atoms with Gasteiger partial charge >= 0.3 is 0 Å². The van der Waals surface area contributed by atoms with Gasteiger partial charge in [-0.15, -0.1) is 0 Å². The quantitative estimate of drug-likeness (QED) is 0.856. The molecule has 0 atom stereocenters. The third-order valence-corrected chi connectivity index (χ3v) is 4.43. The van der Waals surface area contributed by atoms with Gasteiger partial charge in [0.15, 0.2) is 6.54 Å². The van der Waals surface area contributed by atoms with Gasteiger partial charge in [0.05, 0.1) is 33.3 Å². The molecule has 6 heteroatoms. The van der Waals surface area contributed by atoms with Crippen LogP contribution in [0.5, 0.6) is 5.75 Å². The van der Waals surface area contributed by atoms with Crippen molar-refractivity contribution in [3.8, 4) is 5.75 Å². The first-order valence-corrected chi connectivity index (χ1v) is 8.42. The summed E-state index contributed by atoms with van der Waals surface area (Å²) in [6, 6.07) is 13.9. The number of carbonyl (C=O) groups is 1. The molecule has 0 saturated carbocycles. The number of piperazine rings is 1. The summed E-state index contributed by atoms with van der Waals surface area (Å²) in [6.07, 6.45) is 0. The van der Waals surface area contributed by atoms with Gasteiger partial charge in [-0.2, -0.15) is 0 Å². The summed E-state index contributed by atoms with van der Waals surface area (Å²) in [4.78, 5) is 15.7. The average Bonchev–Trinajstić information content (AvgIpc) is 2.63. The summed E-state index contributed by atoms with van der Waals surface area (Å²) < 4.78 is 18.2. The Balaban J connectivity index is 1.48. The smallest absolute Gasteiger partial charge is 0.279 e. The number of anilines is 2. The predicted octanol–water partition coefficient (Wildman–Crippen LogP) is 1.18. The van der Waals surface area contributed by atoms with Crippen molar-refractivity contribution in [3.05, 3.63) is 54.3 Å². The molecule has 0 spiro atoms. The van der Waals surface area contributed by atoms with Crippen LogP contribution in [0.15, 0.2) is 48.5 Å². The molecular weight excluding hydrogens is 321 g/mol. The minimum Gasteiger partial charge on any atom is -0.497 e. The lowest BCUT2D eigenvalue weighted by Gasteiger charge is -2.33. The minimum absolute atomic E-state index is 0.00140. The van der Waals surface area contributed by atoms with E-state index >= 15 is 0 Å². The fraction of sp³-hybridized carbons (Fsp3) is 0.316. The number of halogens is 1. The van der Waals surface area contributed by atoms with Gasteiger partial charge in [-0.1, -0.05) is 6.07 Å². The molecule has 25 heavy (non-hydrogen) atoms. The molecule has 5 nitrogen and oxygen atoms in total. The molecule has 2 aromatic rings. The molecule has 0 aromatic heterocycles. The largest absolute Gasteiger partial charge is 0.497 e. The van der Waals surface area contributed by atoms with Crippen LogP contribution in [0.3, 0.4) is 0 Å². The monoisotopic (exact) mass is 344 g/mol. The molecule has 0 aliphatic carbocycles. The van der Waals surface area contributed by atoms with Gasteiger partial charge in [-0.25, -0.2) is 4.39 Å². The van der Waals surface area contributed by atoms with E-state index in [0.29, 0.717) is 6.54 Å². The number of rotatable bonds is 5. The van der Waals surface area contributed by atoms with Crippen LogP contribution in [0.4, 0.5) is 15.8 Å². The van der Waals surface area contributed by atoms with Gasteiger partial charge in [-0.05, 0) is 36.4 Å². The van der Waals surface area contributed by atoms with Crippen LogP contribution in [0, 0.1) is 5.82 Å². The molecular formula is C19H23FN3O2+. The normalized spacial score (nSPS) is 15.0. The first-order chi connectivity index (χ1) is 12.1. The van der Waals surface area contributed by atoms with E-state index < -0.39 is 0 Å². The highest BCUT2D eigenvalue weighted by Gasteiger charge is 2.22. The number of ether oxygens (including phenoxy) is 1. The average molecular weight is 344 g/mol.